The second-order valence-corrected chi connectivity index (χ2v) is 9.80. The van der Waals surface area contributed by atoms with Gasteiger partial charge in [0.1, 0.15) is 0 Å². The quantitative estimate of drug-likeness (QED) is 0.754. The molecular weight excluding hydrogens is 376 g/mol. The summed E-state index contributed by atoms with van der Waals surface area (Å²) in [5, 5.41) is 4.18. The molecule has 1 atom stereocenters. The van der Waals surface area contributed by atoms with E-state index in [0.29, 0.717) is 24.2 Å². The second kappa shape index (κ2) is 8.88. The summed E-state index contributed by atoms with van der Waals surface area (Å²) in [5.74, 6) is 1.69. The Hall–Kier alpha value is -2.21. The highest BCUT2D eigenvalue weighted by atomic mass is 16.5. The van der Waals surface area contributed by atoms with Gasteiger partial charge in [0, 0.05) is 25.2 Å². The molecule has 2 aliphatic rings. The number of carbonyl (C=O) groups excluding carboxylic acids is 1. The summed E-state index contributed by atoms with van der Waals surface area (Å²) in [7, 11) is 0. The van der Waals surface area contributed by atoms with Crippen molar-refractivity contribution in [3.05, 3.63) is 35.7 Å². The van der Waals surface area contributed by atoms with Crippen molar-refractivity contribution in [2.24, 2.45) is 5.92 Å². The van der Waals surface area contributed by atoms with Gasteiger partial charge in [-0.15, -0.1) is 0 Å². The van der Waals surface area contributed by atoms with Gasteiger partial charge in [0.15, 0.2) is 0 Å². The number of hydrogen-bond acceptors (Lipinski definition) is 5. The molecule has 2 fully saturated rings. The summed E-state index contributed by atoms with van der Waals surface area (Å²) in [4.78, 5) is 21.9. The number of likely N-dealkylation sites (tertiary alicyclic amines) is 2. The summed E-state index contributed by atoms with van der Waals surface area (Å²) in [6.45, 7) is 10.8. The van der Waals surface area contributed by atoms with E-state index in [9.17, 15) is 4.79 Å². The fourth-order valence-corrected chi connectivity index (χ4v) is 4.52. The van der Waals surface area contributed by atoms with E-state index in [1.54, 1.807) is 0 Å². The molecule has 0 spiro atoms. The van der Waals surface area contributed by atoms with Gasteiger partial charge >= 0.3 is 0 Å². The van der Waals surface area contributed by atoms with Crippen molar-refractivity contribution in [3.8, 4) is 11.4 Å². The zero-order chi connectivity index (χ0) is 21.1. The van der Waals surface area contributed by atoms with Crippen LogP contribution in [-0.4, -0.2) is 52.0 Å². The van der Waals surface area contributed by atoms with Gasteiger partial charge in [-0.05, 0) is 49.6 Å². The van der Waals surface area contributed by atoms with Crippen molar-refractivity contribution in [2.45, 2.75) is 64.8 Å². The first-order valence-corrected chi connectivity index (χ1v) is 11.3. The maximum Gasteiger partial charge on any atom is 0.241 e. The molecule has 6 nitrogen and oxygen atoms in total. The molecule has 2 aromatic rings. The van der Waals surface area contributed by atoms with E-state index in [1.807, 2.05) is 0 Å². The van der Waals surface area contributed by atoms with E-state index in [4.69, 9.17) is 4.52 Å². The normalized spacial score (nSPS) is 21.0. The van der Waals surface area contributed by atoms with Crippen molar-refractivity contribution in [1.82, 2.24) is 19.9 Å². The third-order valence-electron chi connectivity index (χ3n) is 6.36. The van der Waals surface area contributed by atoms with Gasteiger partial charge in [-0.1, -0.05) is 50.2 Å². The molecule has 2 aliphatic heterocycles. The molecule has 0 radical (unpaired) electrons. The highest BCUT2D eigenvalue weighted by Gasteiger charge is 2.30. The Morgan fingerprint density at radius 1 is 1.07 bits per heavy atom. The van der Waals surface area contributed by atoms with Crippen LogP contribution in [0.5, 0.6) is 0 Å². The lowest BCUT2D eigenvalue weighted by atomic mass is 9.87. The minimum atomic E-state index is 0.101. The summed E-state index contributed by atoms with van der Waals surface area (Å²) in [6.07, 6.45) is 5.56. The molecule has 1 unspecified atom stereocenters. The van der Waals surface area contributed by atoms with E-state index < -0.39 is 0 Å². The first-order chi connectivity index (χ1) is 14.4. The Labute approximate surface area is 179 Å². The van der Waals surface area contributed by atoms with Gasteiger partial charge in [-0.3, -0.25) is 9.69 Å². The highest BCUT2D eigenvalue weighted by Crippen LogP contribution is 2.26. The first-order valence-electron chi connectivity index (χ1n) is 11.3. The molecule has 1 amide bonds. The number of piperidine rings is 2. The van der Waals surface area contributed by atoms with Gasteiger partial charge in [0.05, 0.1) is 12.5 Å². The molecule has 0 saturated carbocycles. The van der Waals surface area contributed by atoms with E-state index in [0.717, 1.165) is 57.4 Å². The van der Waals surface area contributed by atoms with Crippen LogP contribution in [-0.2, 0) is 16.8 Å². The lowest BCUT2D eigenvalue weighted by Crippen LogP contribution is -2.46. The summed E-state index contributed by atoms with van der Waals surface area (Å²) >= 11 is 0. The van der Waals surface area contributed by atoms with Crippen molar-refractivity contribution >= 4 is 5.91 Å². The van der Waals surface area contributed by atoms with Crippen LogP contribution in [0, 0.1) is 5.92 Å². The highest BCUT2D eigenvalue weighted by molar-refractivity contribution is 5.79. The lowest BCUT2D eigenvalue weighted by molar-refractivity contribution is -0.138. The Morgan fingerprint density at radius 2 is 1.80 bits per heavy atom. The van der Waals surface area contributed by atoms with E-state index in [1.165, 1.54) is 12.0 Å². The topological polar surface area (TPSA) is 62.5 Å². The van der Waals surface area contributed by atoms with Gasteiger partial charge in [-0.25, -0.2) is 0 Å². The molecule has 30 heavy (non-hydrogen) atoms. The van der Waals surface area contributed by atoms with Crippen LogP contribution < -0.4 is 0 Å². The molecule has 0 aliphatic carbocycles. The second-order valence-electron chi connectivity index (χ2n) is 9.80. The molecule has 1 aromatic heterocycles. The smallest absolute Gasteiger partial charge is 0.241 e. The third kappa shape index (κ3) is 4.91. The Bertz CT molecular complexity index is 847. The standard InChI is InChI=1S/C24H34N4O2/c1-24(2,3)20-11-9-18(10-12-20)22-25-21(30-26-22)17-27-13-7-8-19(16-27)23(29)28-14-5-4-6-15-28/h9-12,19H,4-8,13-17H2,1-3H3. The van der Waals surface area contributed by atoms with Gasteiger partial charge in [0.2, 0.25) is 17.6 Å². The zero-order valence-electron chi connectivity index (χ0n) is 18.6. The maximum atomic E-state index is 12.9. The zero-order valence-corrected chi connectivity index (χ0v) is 18.6. The number of amides is 1. The molecule has 0 bridgehead atoms. The molecule has 4 rings (SSSR count). The van der Waals surface area contributed by atoms with Crippen LogP contribution >= 0.6 is 0 Å². The fourth-order valence-electron chi connectivity index (χ4n) is 4.52. The number of hydrogen-bond donors (Lipinski definition) is 0. The van der Waals surface area contributed by atoms with Gasteiger partial charge < -0.3 is 9.42 Å². The number of nitrogens with zero attached hydrogens (tertiary/aromatic N) is 4. The first kappa shape index (κ1) is 21.0. The van der Waals surface area contributed by atoms with Crippen LogP contribution in [0.25, 0.3) is 11.4 Å². The van der Waals surface area contributed by atoms with Crippen LogP contribution in [0.3, 0.4) is 0 Å². The molecule has 1 aromatic carbocycles. The van der Waals surface area contributed by atoms with Crippen molar-refractivity contribution in [2.75, 3.05) is 26.2 Å². The largest absolute Gasteiger partial charge is 0.342 e. The van der Waals surface area contributed by atoms with Gasteiger partial charge in [-0.2, -0.15) is 4.98 Å². The predicted octanol–water partition coefficient (Wildman–Crippen LogP) is 4.26. The minimum Gasteiger partial charge on any atom is -0.342 e. The molecule has 6 heteroatoms. The average molecular weight is 411 g/mol. The Morgan fingerprint density at radius 3 is 2.50 bits per heavy atom. The molecule has 0 N–H and O–H groups in total. The SMILES string of the molecule is CC(C)(C)c1ccc(-c2noc(CN3CCCC(C(=O)N4CCCCC4)C3)n2)cc1. The predicted molar refractivity (Wildman–Crippen MR) is 117 cm³/mol. The number of benzene rings is 1. The maximum absolute atomic E-state index is 12.9. The van der Waals surface area contributed by atoms with Crippen LogP contribution in [0.1, 0.15) is 64.3 Å². The third-order valence-corrected chi connectivity index (χ3v) is 6.36. The van der Waals surface area contributed by atoms with E-state index >= 15 is 0 Å². The van der Waals surface area contributed by atoms with E-state index in [-0.39, 0.29) is 11.3 Å². The van der Waals surface area contributed by atoms with Crippen LogP contribution in [0.4, 0.5) is 0 Å². The summed E-state index contributed by atoms with van der Waals surface area (Å²) in [5.41, 5.74) is 2.37. The number of aromatic nitrogens is 2. The number of carbonyl (C=O) groups is 1. The molecular formula is C24H34N4O2. The van der Waals surface area contributed by atoms with Crippen molar-refractivity contribution in [1.29, 1.82) is 0 Å². The monoisotopic (exact) mass is 410 g/mol. The van der Waals surface area contributed by atoms with Crippen LogP contribution in [0.2, 0.25) is 0 Å². The minimum absolute atomic E-state index is 0.101. The number of rotatable bonds is 4. The van der Waals surface area contributed by atoms with E-state index in [2.05, 4.69) is 65.0 Å². The molecule has 162 valence electrons. The molecule has 3 heterocycles. The lowest BCUT2D eigenvalue weighted by Gasteiger charge is -2.35. The Kier molecular flexibility index (Phi) is 6.23. The van der Waals surface area contributed by atoms with Gasteiger partial charge in [0.25, 0.3) is 0 Å². The average Bonchev–Trinajstić information content (AvgIpc) is 3.22. The summed E-state index contributed by atoms with van der Waals surface area (Å²) < 4.78 is 5.53. The van der Waals surface area contributed by atoms with Crippen molar-refractivity contribution < 1.29 is 9.32 Å². The molecule has 2 saturated heterocycles. The Balaban J connectivity index is 1.36. The fraction of sp³-hybridized carbons (Fsp3) is 0.625. The summed E-state index contributed by atoms with van der Waals surface area (Å²) in [6, 6.07) is 8.38. The van der Waals surface area contributed by atoms with Crippen LogP contribution in [0.15, 0.2) is 28.8 Å². The van der Waals surface area contributed by atoms with Crippen molar-refractivity contribution in [3.63, 3.8) is 0 Å².